The van der Waals surface area contributed by atoms with Gasteiger partial charge in [0.1, 0.15) is 0 Å². The van der Waals surface area contributed by atoms with Gasteiger partial charge in [-0.05, 0) is 6.42 Å². The summed E-state index contributed by atoms with van der Waals surface area (Å²) < 4.78 is 0. The van der Waals surface area contributed by atoms with E-state index in [-0.39, 0.29) is 5.48 Å². The van der Waals surface area contributed by atoms with Crippen molar-refractivity contribution in [2.45, 2.75) is 6.42 Å². The second-order valence-electron chi connectivity index (χ2n) is 1.65. The fourth-order valence-corrected chi connectivity index (χ4v) is 0.649. The van der Waals surface area contributed by atoms with Gasteiger partial charge in [-0.2, -0.15) is 0 Å². The van der Waals surface area contributed by atoms with Gasteiger partial charge in [0.15, 0.2) is 0 Å². The minimum atomic E-state index is -0.862. The van der Waals surface area contributed by atoms with Gasteiger partial charge in [0.25, 0.3) is 0 Å². The minimum Gasteiger partial charge on any atom is -0.465 e. The van der Waals surface area contributed by atoms with E-state index in [0.717, 1.165) is 6.42 Å². The predicted molar refractivity (Wildman–Crippen MR) is 32.1 cm³/mol. The Balaban J connectivity index is 0.000000640. The molecule has 0 fully saturated rings. The van der Waals surface area contributed by atoms with Crippen LogP contribution in [0, 0.1) is 0 Å². The van der Waals surface area contributed by atoms with Crippen LogP contribution in [0.1, 0.15) is 6.42 Å². The van der Waals surface area contributed by atoms with Crippen LogP contribution in [0.2, 0.25) is 0 Å². The molecular formula is C5H9NO3. The van der Waals surface area contributed by atoms with E-state index in [1.165, 1.54) is 4.90 Å². The van der Waals surface area contributed by atoms with Gasteiger partial charge >= 0.3 is 6.09 Å². The Morgan fingerprint density at radius 2 is 2.33 bits per heavy atom. The van der Waals surface area contributed by atoms with Crippen molar-refractivity contribution in [3.05, 3.63) is 12.3 Å². The molecule has 52 valence electrons. The molecule has 9 heavy (non-hydrogen) atoms. The first-order valence-corrected chi connectivity index (χ1v) is 2.47. The Morgan fingerprint density at radius 3 is 2.56 bits per heavy atom. The minimum absolute atomic E-state index is 0. The molecule has 0 atom stereocenters. The van der Waals surface area contributed by atoms with Crippen molar-refractivity contribution in [1.82, 2.24) is 4.90 Å². The summed E-state index contributed by atoms with van der Waals surface area (Å²) in [7, 11) is 0. The molecule has 0 aromatic carbocycles. The van der Waals surface area contributed by atoms with Crippen molar-refractivity contribution < 1.29 is 15.4 Å². The molecule has 1 heterocycles. The van der Waals surface area contributed by atoms with Crippen LogP contribution in [0.4, 0.5) is 4.79 Å². The van der Waals surface area contributed by atoms with Gasteiger partial charge in [-0.25, -0.2) is 4.79 Å². The standard InChI is InChI=1S/C5H7NO2.H2O/c7-5(8)6-3-1-2-4-6;/h1,3H,2,4H2,(H,7,8);1H2. The molecule has 3 N–H and O–H groups in total. The summed E-state index contributed by atoms with van der Waals surface area (Å²) in [6, 6.07) is 0. The highest BCUT2D eigenvalue weighted by atomic mass is 16.4. The third-order valence-electron chi connectivity index (χ3n) is 1.07. The Hall–Kier alpha value is -1.03. The average Bonchev–Trinajstić information content (AvgIpc) is 2.12. The highest BCUT2D eigenvalue weighted by Gasteiger charge is 2.09. The maximum Gasteiger partial charge on any atom is 0.411 e. The van der Waals surface area contributed by atoms with E-state index >= 15 is 0 Å². The van der Waals surface area contributed by atoms with Crippen molar-refractivity contribution in [1.29, 1.82) is 0 Å². The summed E-state index contributed by atoms with van der Waals surface area (Å²) in [6.07, 6.45) is 3.42. The number of hydrogen-bond donors (Lipinski definition) is 1. The topological polar surface area (TPSA) is 72.0 Å². The lowest BCUT2D eigenvalue weighted by molar-refractivity contribution is 0.166. The summed E-state index contributed by atoms with van der Waals surface area (Å²) in [6.45, 7) is 0.620. The summed E-state index contributed by atoms with van der Waals surface area (Å²) in [5.74, 6) is 0. The summed E-state index contributed by atoms with van der Waals surface area (Å²) in [5.41, 5.74) is 0. The van der Waals surface area contributed by atoms with Gasteiger partial charge in [0, 0.05) is 12.7 Å². The summed E-state index contributed by atoms with van der Waals surface area (Å²) in [4.78, 5) is 11.3. The van der Waals surface area contributed by atoms with Crippen molar-refractivity contribution in [2.75, 3.05) is 6.54 Å². The van der Waals surface area contributed by atoms with E-state index in [1.807, 2.05) is 6.08 Å². The van der Waals surface area contributed by atoms with Crippen molar-refractivity contribution in [3.63, 3.8) is 0 Å². The van der Waals surface area contributed by atoms with E-state index in [9.17, 15) is 4.79 Å². The number of amides is 1. The van der Waals surface area contributed by atoms with Crippen LogP contribution < -0.4 is 0 Å². The largest absolute Gasteiger partial charge is 0.465 e. The van der Waals surface area contributed by atoms with Crippen molar-refractivity contribution >= 4 is 6.09 Å². The van der Waals surface area contributed by atoms with Crippen LogP contribution in [0.3, 0.4) is 0 Å². The van der Waals surface area contributed by atoms with Crippen molar-refractivity contribution in [2.24, 2.45) is 0 Å². The number of hydrogen-bond acceptors (Lipinski definition) is 1. The van der Waals surface area contributed by atoms with Gasteiger partial charge < -0.3 is 10.6 Å². The van der Waals surface area contributed by atoms with E-state index < -0.39 is 6.09 Å². The molecule has 1 amide bonds. The van der Waals surface area contributed by atoms with Crippen LogP contribution in [-0.2, 0) is 0 Å². The first-order valence-electron chi connectivity index (χ1n) is 2.47. The first kappa shape index (κ1) is 7.97. The molecule has 0 spiro atoms. The van der Waals surface area contributed by atoms with E-state index in [4.69, 9.17) is 5.11 Å². The van der Waals surface area contributed by atoms with Gasteiger partial charge in [-0.3, -0.25) is 4.90 Å². The molecule has 0 aromatic rings. The molecule has 0 unspecified atom stereocenters. The highest BCUT2D eigenvalue weighted by molar-refractivity contribution is 5.66. The van der Waals surface area contributed by atoms with Gasteiger partial charge in [0.2, 0.25) is 0 Å². The Labute approximate surface area is 52.7 Å². The Kier molecular flexibility index (Phi) is 2.73. The summed E-state index contributed by atoms with van der Waals surface area (Å²) >= 11 is 0. The molecule has 0 saturated carbocycles. The average molecular weight is 131 g/mol. The molecule has 0 aliphatic carbocycles. The van der Waals surface area contributed by atoms with E-state index in [0.29, 0.717) is 6.54 Å². The zero-order valence-corrected chi connectivity index (χ0v) is 4.87. The number of carboxylic acid groups (broad SMARTS) is 1. The molecule has 1 aliphatic heterocycles. The maximum atomic E-state index is 10.1. The summed E-state index contributed by atoms with van der Waals surface area (Å²) in [5, 5.41) is 8.29. The zero-order chi connectivity index (χ0) is 5.98. The second kappa shape index (κ2) is 3.09. The van der Waals surface area contributed by atoms with Crippen LogP contribution in [0.5, 0.6) is 0 Å². The lowest BCUT2D eigenvalue weighted by Crippen LogP contribution is -2.20. The molecule has 0 bridgehead atoms. The first-order chi connectivity index (χ1) is 3.80. The van der Waals surface area contributed by atoms with Crippen molar-refractivity contribution in [3.8, 4) is 0 Å². The maximum absolute atomic E-state index is 10.1. The SMILES string of the molecule is O.O=C(O)N1C=CCC1. The van der Waals surface area contributed by atoms with Gasteiger partial charge in [0.05, 0.1) is 0 Å². The molecule has 0 radical (unpaired) electrons. The second-order valence-corrected chi connectivity index (χ2v) is 1.65. The molecule has 4 nitrogen and oxygen atoms in total. The normalized spacial score (nSPS) is 15.3. The molecule has 1 aliphatic rings. The third-order valence-corrected chi connectivity index (χ3v) is 1.07. The van der Waals surface area contributed by atoms with Crippen LogP contribution in [-0.4, -0.2) is 28.1 Å². The fourth-order valence-electron chi connectivity index (χ4n) is 0.649. The lowest BCUT2D eigenvalue weighted by atomic mass is 10.5. The molecule has 0 aromatic heterocycles. The fraction of sp³-hybridized carbons (Fsp3) is 0.400. The quantitative estimate of drug-likeness (QED) is 0.504. The van der Waals surface area contributed by atoms with Crippen LogP contribution in [0.15, 0.2) is 12.3 Å². The molecule has 4 heteroatoms. The number of rotatable bonds is 0. The molecule has 0 saturated heterocycles. The Bertz CT molecular complexity index is 132. The molecular weight excluding hydrogens is 122 g/mol. The van der Waals surface area contributed by atoms with Crippen LogP contribution >= 0.6 is 0 Å². The predicted octanol–water partition coefficient (Wildman–Crippen LogP) is 0.0591. The monoisotopic (exact) mass is 131 g/mol. The van der Waals surface area contributed by atoms with Gasteiger partial charge in [-0.15, -0.1) is 0 Å². The van der Waals surface area contributed by atoms with Gasteiger partial charge in [-0.1, -0.05) is 6.08 Å². The molecule has 1 rings (SSSR count). The zero-order valence-electron chi connectivity index (χ0n) is 4.87. The number of nitrogens with zero attached hydrogens (tertiary/aromatic N) is 1. The van der Waals surface area contributed by atoms with Crippen LogP contribution in [0.25, 0.3) is 0 Å². The third kappa shape index (κ3) is 1.73. The lowest BCUT2D eigenvalue weighted by Gasteiger charge is -2.05. The highest BCUT2D eigenvalue weighted by Crippen LogP contribution is 2.02. The Morgan fingerprint density at radius 1 is 1.67 bits per heavy atom. The van der Waals surface area contributed by atoms with E-state index in [1.54, 1.807) is 6.20 Å². The smallest absolute Gasteiger partial charge is 0.411 e. The number of carbonyl (C=O) groups is 1. The van der Waals surface area contributed by atoms with E-state index in [2.05, 4.69) is 0 Å².